The number of halogens is 1. The van der Waals surface area contributed by atoms with Crippen LogP contribution in [0.25, 0.3) is 0 Å². The SMILES string of the molecule is CCCCCCCCCC(CBr)C1CCS(=O)(=O)C1. The Hall–Kier alpha value is 0.430. The second-order valence-electron chi connectivity index (χ2n) is 5.99. The fraction of sp³-hybridized carbons (Fsp3) is 1.00. The molecule has 2 unspecified atom stereocenters. The van der Waals surface area contributed by atoms with Gasteiger partial charge in [0.1, 0.15) is 0 Å². The van der Waals surface area contributed by atoms with Crippen LogP contribution in [0.1, 0.15) is 64.7 Å². The van der Waals surface area contributed by atoms with Crippen LogP contribution in [0.2, 0.25) is 0 Å². The minimum Gasteiger partial charge on any atom is -0.229 e. The number of rotatable bonds is 10. The van der Waals surface area contributed by atoms with Crippen molar-refractivity contribution < 1.29 is 8.42 Å². The number of unbranched alkanes of at least 4 members (excludes halogenated alkanes) is 6. The molecule has 0 aromatic rings. The molecule has 19 heavy (non-hydrogen) atoms. The maximum absolute atomic E-state index is 11.5. The van der Waals surface area contributed by atoms with Gasteiger partial charge in [0, 0.05) is 5.33 Å². The minimum absolute atomic E-state index is 0.407. The normalized spacial score (nSPS) is 23.6. The van der Waals surface area contributed by atoms with Crippen LogP contribution in [0.3, 0.4) is 0 Å². The Kier molecular flexibility index (Phi) is 8.63. The van der Waals surface area contributed by atoms with Gasteiger partial charge in [0.15, 0.2) is 9.84 Å². The summed E-state index contributed by atoms with van der Waals surface area (Å²) in [6, 6.07) is 0. The Bertz CT molecular complexity index is 327. The highest BCUT2D eigenvalue weighted by atomic mass is 79.9. The van der Waals surface area contributed by atoms with Gasteiger partial charge >= 0.3 is 0 Å². The molecule has 4 heteroatoms. The van der Waals surface area contributed by atoms with Gasteiger partial charge in [0.05, 0.1) is 11.5 Å². The van der Waals surface area contributed by atoms with E-state index >= 15 is 0 Å². The summed E-state index contributed by atoms with van der Waals surface area (Å²) < 4.78 is 23.0. The molecule has 0 aliphatic carbocycles. The Balaban J connectivity index is 2.12. The predicted octanol–water partition coefficient (Wildman–Crippen LogP) is 4.57. The van der Waals surface area contributed by atoms with E-state index in [0.717, 1.165) is 11.8 Å². The van der Waals surface area contributed by atoms with Crippen LogP contribution in [0.4, 0.5) is 0 Å². The molecule has 0 spiro atoms. The molecule has 0 amide bonds. The lowest BCUT2D eigenvalue weighted by Gasteiger charge is -2.20. The van der Waals surface area contributed by atoms with E-state index in [1.165, 1.54) is 51.4 Å². The van der Waals surface area contributed by atoms with Crippen molar-refractivity contribution in [2.24, 2.45) is 11.8 Å². The topological polar surface area (TPSA) is 34.1 Å². The van der Waals surface area contributed by atoms with Gasteiger partial charge in [-0.05, 0) is 24.7 Å². The van der Waals surface area contributed by atoms with E-state index in [2.05, 4.69) is 22.9 Å². The molecule has 1 rings (SSSR count). The summed E-state index contributed by atoms with van der Waals surface area (Å²) >= 11 is 3.57. The maximum Gasteiger partial charge on any atom is 0.150 e. The highest BCUT2D eigenvalue weighted by Gasteiger charge is 2.32. The van der Waals surface area contributed by atoms with Gasteiger partial charge in [-0.3, -0.25) is 0 Å². The lowest BCUT2D eigenvalue weighted by molar-refractivity contribution is 0.364. The van der Waals surface area contributed by atoms with E-state index < -0.39 is 9.84 Å². The standard InChI is InChI=1S/C15H29BrO2S/c1-2-3-4-5-6-7-8-9-14(12-16)15-10-11-19(17,18)13-15/h14-15H,2-13H2,1H3. The average molecular weight is 353 g/mol. The minimum atomic E-state index is -2.72. The number of hydrogen-bond acceptors (Lipinski definition) is 2. The van der Waals surface area contributed by atoms with Crippen molar-refractivity contribution in [3.05, 3.63) is 0 Å². The van der Waals surface area contributed by atoms with Gasteiger partial charge in [-0.2, -0.15) is 0 Å². The molecule has 0 saturated carbocycles. The fourth-order valence-electron chi connectivity index (χ4n) is 3.00. The summed E-state index contributed by atoms with van der Waals surface area (Å²) in [5.41, 5.74) is 0. The molecule has 2 atom stereocenters. The van der Waals surface area contributed by atoms with Crippen LogP contribution < -0.4 is 0 Å². The molecule has 0 N–H and O–H groups in total. The highest BCUT2D eigenvalue weighted by Crippen LogP contribution is 2.30. The van der Waals surface area contributed by atoms with E-state index in [4.69, 9.17) is 0 Å². The van der Waals surface area contributed by atoms with E-state index in [1.807, 2.05) is 0 Å². The van der Waals surface area contributed by atoms with Crippen molar-refractivity contribution in [3.63, 3.8) is 0 Å². The fourth-order valence-corrected chi connectivity index (χ4v) is 5.77. The molecule has 2 nitrogen and oxygen atoms in total. The molecule has 1 aliphatic heterocycles. The summed E-state index contributed by atoms with van der Waals surface area (Å²) in [4.78, 5) is 0. The van der Waals surface area contributed by atoms with Crippen molar-refractivity contribution >= 4 is 25.8 Å². The summed E-state index contributed by atoms with van der Waals surface area (Å²) in [5, 5.41) is 0.961. The van der Waals surface area contributed by atoms with Crippen molar-refractivity contribution in [3.8, 4) is 0 Å². The molecule has 0 bridgehead atoms. The second kappa shape index (κ2) is 9.38. The van der Waals surface area contributed by atoms with E-state index in [9.17, 15) is 8.42 Å². The van der Waals surface area contributed by atoms with E-state index in [0.29, 0.717) is 23.3 Å². The molecular formula is C15H29BrO2S. The smallest absolute Gasteiger partial charge is 0.150 e. The molecule has 1 saturated heterocycles. The van der Waals surface area contributed by atoms with Crippen LogP contribution in [-0.2, 0) is 9.84 Å². The van der Waals surface area contributed by atoms with Crippen LogP contribution in [0.5, 0.6) is 0 Å². The summed E-state index contributed by atoms with van der Waals surface area (Å²) in [6.07, 6.45) is 11.4. The third-order valence-electron chi connectivity index (χ3n) is 4.31. The zero-order valence-corrected chi connectivity index (χ0v) is 14.6. The Morgan fingerprint density at radius 3 is 2.26 bits per heavy atom. The first-order chi connectivity index (χ1) is 9.09. The largest absolute Gasteiger partial charge is 0.229 e. The molecule has 0 aromatic heterocycles. The molecule has 0 radical (unpaired) electrons. The predicted molar refractivity (Wildman–Crippen MR) is 86.7 cm³/mol. The first-order valence-corrected chi connectivity index (χ1v) is 10.8. The third kappa shape index (κ3) is 7.12. The van der Waals surface area contributed by atoms with Crippen molar-refractivity contribution in [2.75, 3.05) is 16.8 Å². The van der Waals surface area contributed by atoms with Gasteiger partial charge in [-0.15, -0.1) is 0 Å². The Labute approximate surface area is 127 Å². The van der Waals surface area contributed by atoms with Gasteiger partial charge in [-0.25, -0.2) is 8.42 Å². The highest BCUT2D eigenvalue weighted by molar-refractivity contribution is 9.09. The lowest BCUT2D eigenvalue weighted by atomic mass is 9.89. The van der Waals surface area contributed by atoms with Gasteiger partial charge in [0.2, 0.25) is 0 Å². The lowest BCUT2D eigenvalue weighted by Crippen LogP contribution is -2.17. The van der Waals surface area contributed by atoms with Gasteiger partial charge < -0.3 is 0 Å². The van der Waals surface area contributed by atoms with Crippen molar-refractivity contribution in [2.45, 2.75) is 64.7 Å². The van der Waals surface area contributed by atoms with Gasteiger partial charge in [-0.1, -0.05) is 67.8 Å². The van der Waals surface area contributed by atoms with E-state index in [-0.39, 0.29) is 0 Å². The van der Waals surface area contributed by atoms with Crippen LogP contribution in [0, 0.1) is 11.8 Å². The maximum atomic E-state index is 11.5. The van der Waals surface area contributed by atoms with Crippen LogP contribution in [-0.4, -0.2) is 25.3 Å². The van der Waals surface area contributed by atoms with Gasteiger partial charge in [0.25, 0.3) is 0 Å². The Morgan fingerprint density at radius 1 is 1.11 bits per heavy atom. The summed E-state index contributed by atoms with van der Waals surface area (Å²) in [7, 11) is -2.72. The molecule has 0 aromatic carbocycles. The zero-order chi connectivity index (χ0) is 14.1. The molecule has 1 fully saturated rings. The summed E-state index contributed by atoms with van der Waals surface area (Å²) in [6.45, 7) is 2.25. The van der Waals surface area contributed by atoms with E-state index in [1.54, 1.807) is 0 Å². The number of alkyl halides is 1. The molecule has 114 valence electrons. The number of hydrogen-bond donors (Lipinski definition) is 0. The summed E-state index contributed by atoms with van der Waals surface area (Å²) in [5.74, 6) is 1.81. The van der Waals surface area contributed by atoms with Crippen LogP contribution >= 0.6 is 15.9 Å². The quantitative estimate of drug-likeness (QED) is 0.426. The third-order valence-corrected chi connectivity index (χ3v) is 6.94. The molecular weight excluding hydrogens is 324 g/mol. The van der Waals surface area contributed by atoms with Crippen LogP contribution in [0.15, 0.2) is 0 Å². The monoisotopic (exact) mass is 352 g/mol. The Morgan fingerprint density at radius 2 is 1.74 bits per heavy atom. The molecule has 1 aliphatic rings. The average Bonchev–Trinajstić information content (AvgIpc) is 2.73. The second-order valence-corrected chi connectivity index (χ2v) is 8.86. The first-order valence-electron chi connectivity index (χ1n) is 7.85. The van der Waals surface area contributed by atoms with Crippen molar-refractivity contribution in [1.29, 1.82) is 0 Å². The van der Waals surface area contributed by atoms with Crippen molar-refractivity contribution in [1.82, 2.24) is 0 Å². The number of sulfone groups is 1. The first kappa shape index (κ1) is 17.5. The molecule has 1 heterocycles. The zero-order valence-electron chi connectivity index (χ0n) is 12.2.